The number of ether oxygens (including phenoxy) is 1. The average molecular weight is 1400 g/mol. The van der Waals surface area contributed by atoms with Gasteiger partial charge in [0.2, 0.25) is 53.2 Å². The molecule has 34 heteroatoms. The van der Waals surface area contributed by atoms with Crippen LogP contribution in [0.25, 0.3) is 10.9 Å². The van der Waals surface area contributed by atoms with Gasteiger partial charge < -0.3 is 99.8 Å². The number of fused-ring (bicyclic) bond motifs is 1. The molecule has 1 aliphatic heterocycles. The van der Waals surface area contributed by atoms with Gasteiger partial charge in [0.25, 0.3) is 0 Å². The number of aromatic hydroxyl groups is 1. The van der Waals surface area contributed by atoms with Gasteiger partial charge in [-0.15, -0.1) is 0 Å². The number of aromatic nitrogens is 3. The molecule has 0 aliphatic carbocycles. The zero-order chi connectivity index (χ0) is 74.4. The van der Waals surface area contributed by atoms with Crippen LogP contribution < -0.4 is 59.7 Å². The van der Waals surface area contributed by atoms with Crippen LogP contribution in [-0.4, -0.2) is 209 Å². The number of amides is 9. The highest BCUT2D eigenvalue weighted by Crippen LogP contribution is 2.23. The predicted octanol–water partition coefficient (Wildman–Crippen LogP) is -1.40. The summed E-state index contributed by atoms with van der Waals surface area (Å²) in [5.74, 6) is -11.6. The number of aromatic amines is 2. The van der Waals surface area contributed by atoms with E-state index in [1.54, 1.807) is 72.0 Å². The molecular weight excluding hydrogens is 1300 g/mol. The Labute approximate surface area is 577 Å². The zero-order valence-corrected chi connectivity index (χ0v) is 57.2. The number of nitrogens with two attached hydrogens (primary N) is 3. The fraction of sp³-hybridized carbons (Fsp3) is 0.530. The van der Waals surface area contributed by atoms with Crippen LogP contribution in [0.1, 0.15) is 129 Å². The number of imidazole rings is 1. The molecule has 20 N–H and O–H groups in total. The third-order valence-electron chi connectivity index (χ3n) is 15.4. The first-order valence-electron chi connectivity index (χ1n) is 32.8. The lowest BCUT2D eigenvalue weighted by atomic mass is 10.00. The van der Waals surface area contributed by atoms with Gasteiger partial charge in [-0.05, 0) is 115 Å². The number of guanidine groups is 1. The number of H-pyrrole nitrogens is 2. The van der Waals surface area contributed by atoms with Crippen molar-refractivity contribution < 1.29 is 87.5 Å². The Kier molecular flexibility index (Phi) is 33.1. The Morgan fingerprint density at radius 2 is 1.27 bits per heavy atom. The number of carboxylic acids is 2. The number of nitrogens with zero attached hydrogens (tertiary/aromatic N) is 3. The summed E-state index contributed by atoms with van der Waals surface area (Å²) in [4.78, 5) is 188. The van der Waals surface area contributed by atoms with Crippen LogP contribution in [0.15, 0.2) is 72.2 Å². The quantitative estimate of drug-likeness (QED) is 0.00807. The van der Waals surface area contributed by atoms with E-state index in [1.807, 2.05) is 0 Å². The number of Topliss-reactive ketones (excluding diaryl/α,β-unsaturated/α-hetero) is 1. The van der Waals surface area contributed by atoms with Gasteiger partial charge in [-0.3, -0.25) is 67.3 Å². The number of phenolic OH excluding ortho intramolecular Hbond substituents is 1. The van der Waals surface area contributed by atoms with E-state index in [9.17, 15) is 77.6 Å². The highest BCUT2D eigenvalue weighted by Gasteiger charge is 2.40. The molecule has 2 aromatic heterocycles. The monoisotopic (exact) mass is 1400 g/mol. The standard InChI is InChI=1S/C62H90N16O15.C4H6O3/c1-7-67-59(91)49-15-11-25-78(49)60(92)43(14-10-24-68-61(64)65)72-54(86)44(26-34(2)3)74-53(85)42(21-23-51(83)93-62(4,5)6)71-55(87)45(27-35-16-18-38(80)19-17-35)75-58(90)48(32-79)77-56(88)46(28-36-30-69-41-13-9-8-12-39(36)41)76-57(89)47(29-37-31-66-33-70-37)73-52(84)40(63)20-22-50(81)82;1-3(5)2-4(6)7/h8-9,12-13,16-19,30-31,33-34,40,42-49,69,79-80H,7,10-11,14-15,20-29,32,63H2,1-6H3,(H,66,70)(H,67,91)(H,71,87)(H,72,86)(H,73,84)(H,74,85)(H,75,90)(H,76,89)(H,77,88)(H,81,82)(H4,64,65,68);2H2,1H3,(H,6,7)/t40-,42+,43-,44-,45-,46-,47-,48-,49-;/m0./s1. The number of rotatable bonds is 38. The van der Waals surface area contributed by atoms with Crippen molar-refractivity contribution in [1.29, 1.82) is 0 Å². The van der Waals surface area contributed by atoms with Crippen molar-refractivity contribution >= 4 is 93.7 Å². The second-order valence-electron chi connectivity index (χ2n) is 25.4. The van der Waals surface area contributed by atoms with Crippen LogP contribution in [0.4, 0.5) is 0 Å². The number of likely N-dealkylation sites (tertiary alicyclic amines) is 1. The van der Waals surface area contributed by atoms with Crippen molar-refractivity contribution in [1.82, 2.24) is 62.4 Å². The topological polar surface area (TPSA) is 546 Å². The molecule has 9 amide bonds. The lowest BCUT2D eigenvalue weighted by Crippen LogP contribution is -2.61. The molecule has 0 saturated carbocycles. The van der Waals surface area contributed by atoms with E-state index in [1.165, 1.54) is 48.6 Å². The fourth-order valence-corrected chi connectivity index (χ4v) is 10.5. The number of benzene rings is 2. The first-order chi connectivity index (χ1) is 47.2. The Morgan fingerprint density at radius 1 is 0.700 bits per heavy atom. The minimum atomic E-state index is -1.85. The molecule has 4 aromatic rings. The molecule has 1 saturated heterocycles. The van der Waals surface area contributed by atoms with Crippen molar-refractivity contribution in [3.63, 3.8) is 0 Å². The highest BCUT2D eigenvalue weighted by molar-refractivity contribution is 5.99. The van der Waals surface area contributed by atoms with Crippen LogP contribution >= 0.6 is 0 Å². The lowest BCUT2D eigenvalue weighted by Gasteiger charge is -2.30. The van der Waals surface area contributed by atoms with Crippen molar-refractivity contribution in [2.24, 2.45) is 28.1 Å². The second kappa shape index (κ2) is 40.4. The van der Waals surface area contributed by atoms with Crippen LogP contribution in [0.5, 0.6) is 5.75 Å². The van der Waals surface area contributed by atoms with Gasteiger partial charge in [-0.1, -0.05) is 44.2 Å². The van der Waals surface area contributed by atoms with E-state index >= 15 is 0 Å². The highest BCUT2D eigenvalue weighted by atomic mass is 16.6. The second-order valence-corrected chi connectivity index (χ2v) is 25.4. The lowest BCUT2D eigenvalue weighted by molar-refractivity contribution is -0.155. The van der Waals surface area contributed by atoms with Gasteiger partial charge in [0.05, 0.1) is 19.0 Å². The van der Waals surface area contributed by atoms with Gasteiger partial charge in [-0.25, -0.2) is 4.98 Å². The Hall–Kier alpha value is -10.5. The molecule has 0 radical (unpaired) electrons. The largest absolute Gasteiger partial charge is 0.508 e. The van der Waals surface area contributed by atoms with E-state index in [0.717, 1.165) is 0 Å². The minimum Gasteiger partial charge on any atom is -0.508 e. The van der Waals surface area contributed by atoms with Crippen molar-refractivity contribution in [2.75, 3.05) is 26.2 Å². The third kappa shape index (κ3) is 28.5. The number of para-hydroxylation sites is 1. The van der Waals surface area contributed by atoms with Crippen molar-refractivity contribution in [3.05, 3.63) is 84.1 Å². The van der Waals surface area contributed by atoms with Crippen LogP contribution in [0.3, 0.4) is 0 Å². The number of hydrogen-bond acceptors (Lipinski definition) is 19. The Bertz CT molecular complexity index is 3460. The Balaban J connectivity index is 0.00000287. The summed E-state index contributed by atoms with van der Waals surface area (Å²) in [5, 5.41) is 59.8. The maximum absolute atomic E-state index is 14.9. The first kappa shape index (κ1) is 81.9. The maximum Gasteiger partial charge on any atom is 0.310 e. The summed E-state index contributed by atoms with van der Waals surface area (Å²) in [6.45, 7) is 11.0. The number of likely N-dealkylation sites (N-methyl/N-ethyl adjacent to an activating group) is 1. The molecule has 34 nitrogen and oxygen atoms in total. The molecular formula is C66H96N16O18. The van der Waals surface area contributed by atoms with Gasteiger partial charge in [-0.2, -0.15) is 0 Å². The number of carbonyl (C=O) groups is 13. The number of esters is 1. The van der Waals surface area contributed by atoms with E-state index in [2.05, 4.69) is 62.5 Å². The van der Waals surface area contributed by atoms with Gasteiger partial charge in [0.1, 0.15) is 71.9 Å². The van der Waals surface area contributed by atoms with Crippen molar-refractivity contribution in [3.8, 4) is 5.75 Å². The number of aliphatic hydroxyl groups excluding tert-OH is 1. The zero-order valence-electron chi connectivity index (χ0n) is 57.2. The molecule has 9 atom stereocenters. The van der Waals surface area contributed by atoms with E-state index in [4.69, 9.17) is 27.0 Å². The molecule has 100 heavy (non-hydrogen) atoms. The maximum atomic E-state index is 14.9. The minimum absolute atomic E-state index is 0.00218. The Morgan fingerprint density at radius 3 is 1.84 bits per heavy atom. The van der Waals surface area contributed by atoms with E-state index < -0.39 is 151 Å². The van der Waals surface area contributed by atoms with Gasteiger partial charge in [0, 0.05) is 80.7 Å². The summed E-state index contributed by atoms with van der Waals surface area (Å²) in [6, 6.07) is -0.296. The van der Waals surface area contributed by atoms with E-state index in [-0.39, 0.29) is 93.8 Å². The summed E-state index contributed by atoms with van der Waals surface area (Å²) < 4.78 is 5.53. The number of carbonyl (C=O) groups excluding carboxylic acids is 11. The van der Waals surface area contributed by atoms with E-state index in [0.29, 0.717) is 47.1 Å². The number of aliphatic carboxylic acids is 2. The molecule has 1 fully saturated rings. The number of aliphatic imine (C=N–C) groups is 1. The number of ketones is 1. The first-order valence-corrected chi connectivity index (χ1v) is 32.8. The molecule has 0 bridgehead atoms. The summed E-state index contributed by atoms with van der Waals surface area (Å²) in [5.41, 5.74) is 18.1. The molecule has 2 aromatic carbocycles. The third-order valence-corrected chi connectivity index (χ3v) is 15.4. The molecule has 3 heterocycles. The molecule has 0 spiro atoms. The fourth-order valence-electron chi connectivity index (χ4n) is 10.5. The van der Waals surface area contributed by atoms with Crippen LogP contribution in [-0.2, 0) is 86.3 Å². The SMILES string of the molecule is CC(=O)CC(=O)O.CCNC(=O)[C@@H]1CCCN1C(=O)[C@H](CCCN=C(N)N)NC(=O)[C@H](CC(C)C)NC(=O)[C@@H](CCC(=O)OC(C)(C)C)NC(=O)[C@H](Cc1ccc(O)cc1)NC(=O)[C@H](CO)NC(=O)[C@H](Cc1c[nH]c2ccccc12)NC(=O)[C@H](Cc1cnc[nH]1)NC(=O)[C@@H](N)CCC(=O)O. The number of carboxylic acid groups (broad SMARTS) is 2. The van der Waals surface area contributed by atoms with Gasteiger partial charge >= 0.3 is 17.9 Å². The van der Waals surface area contributed by atoms with Gasteiger partial charge in [0.15, 0.2) is 5.96 Å². The molecule has 548 valence electrons. The number of nitrogens with one attached hydrogen (secondary N) is 10. The number of hydrogen-bond donors (Lipinski definition) is 17. The van der Waals surface area contributed by atoms with Crippen LogP contribution in [0, 0.1) is 5.92 Å². The molecule has 0 unspecified atom stereocenters. The number of phenols is 1. The molecule has 1 aliphatic rings. The molecule has 5 rings (SSSR count). The average Bonchev–Trinajstić information content (AvgIpc) is 1.62. The van der Waals surface area contributed by atoms with Crippen LogP contribution in [0.2, 0.25) is 0 Å². The van der Waals surface area contributed by atoms with Crippen molar-refractivity contribution in [2.45, 2.75) is 192 Å². The smallest absolute Gasteiger partial charge is 0.310 e. The normalized spacial score (nSPS) is 15.1. The summed E-state index contributed by atoms with van der Waals surface area (Å²) >= 11 is 0. The summed E-state index contributed by atoms with van der Waals surface area (Å²) in [6.07, 6.45) is 2.75. The summed E-state index contributed by atoms with van der Waals surface area (Å²) in [7, 11) is 0. The predicted molar refractivity (Wildman–Crippen MR) is 362 cm³/mol. The number of aliphatic hydroxyl groups is 1.